The van der Waals surface area contributed by atoms with Gasteiger partial charge in [-0.2, -0.15) is 4.31 Å². The summed E-state index contributed by atoms with van der Waals surface area (Å²) in [6.07, 6.45) is 1.99. The molecule has 10 heteroatoms. The van der Waals surface area contributed by atoms with Gasteiger partial charge in [-0.1, -0.05) is 12.1 Å². The SMILES string of the molecule is CN=C(NCCCc1ccc(OC)cc1)N1CCN(S(=O)(=O)CCOC(C)C)CC1.I. The minimum absolute atomic E-state index is 0. The summed E-state index contributed by atoms with van der Waals surface area (Å²) >= 11 is 0. The molecule has 0 bridgehead atoms. The van der Waals surface area contributed by atoms with Crippen LogP contribution in [0, 0.1) is 0 Å². The number of rotatable bonds is 10. The zero-order chi connectivity index (χ0) is 22.0. The van der Waals surface area contributed by atoms with Crippen LogP contribution in [0.2, 0.25) is 0 Å². The van der Waals surface area contributed by atoms with Crippen molar-refractivity contribution in [2.24, 2.45) is 4.99 Å². The van der Waals surface area contributed by atoms with E-state index in [4.69, 9.17) is 9.47 Å². The first-order valence-electron chi connectivity index (χ1n) is 10.5. The number of guanidine groups is 1. The Morgan fingerprint density at radius 2 is 1.81 bits per heavy atom. The van der Waals surface area contributed by atoms with E-state index in [2.05, 4.69) is 27.3 Å². The number of benzene rings is 1. The van der Waals surface area contributed by atoms with Crippen molar-refractivity contribution in [1.29, 1.82) is 0 Å². The van der Waals surface area contributed by atoms with Crippen molar-refractivity contribution in [2.45, 2.75) is 32.8 Å². The second-order valence-corrected chi connectivity index (χ2v) is 9.64. The van der Waals surface area contributed by atoms with Gasteiger partial charge in [0.2, 0.25) is 10.0 Å². The molecule has 178 valence electrons. The molecule has 1 aliphatic rings. The molecule has 1 heterocycles. The molecule has 0 spiro atoms. The number of ether oxygens (including phenoxy) is 2. The molecule has 2 rings (SSSR count). The minimum atomic E-state index is -3.28. The second kappa shape index (κ2) is 14.1. The first kappa shape index (κ1) is 27.9. The van der Waals surface area contributed by atoms with Crippen LogP contribution in [0.1, 0.15) is 25.8 Å². The maximum atomic E-state index is 12.5. The van der Waals surface area contributed by atoms with Gasteiger partial charge in [0.25, 0.3) is 0 Å². The Labute approximate surface area is 204 Å². The van der Waals surface area contributed by atoms with E-state index in [1.54, 1.807) is 18.5 Å². The van der Waals surface area contributed by atoms with E-state index >= 15 is 0 Å². The van der Waals surface area contributed by atoms with Crippen molar-refractivity contribution in [3.05, 3.63) is 29.8 Å². The lowest BCUT2D eigenvalue weighted by Crippen LogP contribution is -2.54. The third-order valence-corrected chi connectivity index (χ3v) is 6.85. The standard InChI is InChI=1S/C21H36N4O4S.HI/c1-18(2)29-16-17-30(26,27)25-14-12-24(13-15-25)21(22-3)23-11-5-6-19-7-9-20(28-4)10-8-19;/h7-10,18H,5-6,11-17H2,1-4H3,(H,22,23);1H. The van der Waals surface area contributed by atoms with Crippen molar-refractivity contribution in [3.8, 4) is 5.75 Å². The summed E-state index contributed by atoms with van der Waals surface area (Å²) in [6.45, 7) is 7.04. The lowest BCUT2D eigenvalue weighted by molar-refractivity contribution is 0.0904. The van der Waals surface area contributed by atoms with Gasteiger partial charge >= 0.3 is 0 Å². The normalized spacial score (nSPS) is 15.6. The Hall–Kier alpha value is -1.11. The summed E-state index contributed by atoms with van der Waals surface area (Å²) in [4.78, 5) is 6.48. The molecule has 0 saturated carbocycles. The molecule has 1 aromatic carbocycles. The van der Waals surface area contributed by atoms with E-state index < -0.39 is 10.0 Å². The average molecular weight is 569 g/mol. The highest BCUT2D eigenvalue weighted by Crippen LogP contribution is 2.12. The number of halogens is 1. The third kappa shape index (κ3) is 9.50. The molecule has 0 unspecified atom stereocenters. The monoisotopic (exact) mass is 568 g/mol. The highest BCUT2D eigenvalue weighted by atomic mass is 127. The highest BCUT2D eigenvalue weighted by Gasteiger charge is 2.27. The summed E-state index contributed by atoms with van der Waals surface area (Å²) < 4.78 is 37.1. The van der Waals surface area contributed by atoms with Gasteiger partial charge in [-0.15, -0.1) is 24.0 Å². The fourth-order valence-electron chi connectivity index (χ4n) is 3.31. The van der Waals surface area contributed by atoms with Gasteiger partial charge in [-0.05, 0) is 44.4 Å². The van der Waals surface area contributed by atoms with Crippen LogP contribution in [0.4, 0.5) is 0 Å². The lowest BCUT2D eigenvalue weighted by Gasteiger charge is -2.35. The third-order valence-electron chi connectivity index (χ3n) is 5.02. The van der Waals surface area contributed by atoms with Crippen LogP contribution in [0.5, 0.6) is 5.75 Å². The Kier molecular flexibility index (Phi) is 12.7. The maximum Gasteiger partial charge on any atom is 0.216 e. The van der Waals surface area contributed by atoms with Gasteiger partial charge in [0, 0.05) is 39.8 Å². The van der Waals surface area contributed by atoms with E-state index in [0.717, 1.165) is 31.1 Å². The highest BCUT2D eigenvalue weighted by molar-refractivity contribution is 14.0. The number of sulfonamides is 1. The van der Waals surface area contributed by atoms with Crippen molar-refractivity contribution >= 4 is 40.0 Å². The topological polar surface area (TPSA) is 83.5 Å². The van der Waals surface area contributed by atoms with Gasteiger partial charge in [0.05, 0.1) is 25.6 Å². The van der Waals surface area contributed by atoms with Crippen LogP contribution in [-0.2, 0) is 21.2 Å². The van der Waals surface area contributed by atoms with Gasteiger partial charge < -0.3 is 19.7 Å². The molecule has 1 N–H and O–H groups in total. The fourth-order valence-corrected chi connectivity index (χ4v) is 4.60. The smallest absolute Gasteiger partial charge is 0.216 e. The van der Waals surface area contributed by atoms with Crippen LogP contribution in [0.15, 0.2) is 29.3 Å². The minimum Gasteiger partial charge on any atom is -0.497 e. The number of aliphatic imine (C=N–C) groups is 1. The summed E-state index contributed by atoms with van der Waals surface area (Å²) in [5, 5.41) is 3.40. The fraction of sp³-hybridized carbons (Fsp3) is 0.667. The molecule has 1 aliphatic heterocycles. The molecule has 0 atom stereocenters. The summed E-state index contributed by atoms with van der Waals surface area (Å²) in [5.74, 6) is 1.72. The van der Waals surface area contributed by atoms with Crippen LogP contribution in [-0.4, -0.2) is 88.9 Å². The Balaban J connectivity index is 0.00000480. The molecule has 1 aromatic rings. The van der Waals surface area contributed by atoms with Crippen LogP contribution >= 0.6 is 24.0 Å². The molecule has 1 saturated heterocycles. The molecule has 31 heavy (non-hydrogen) atoms. The number of nitrogens with one attached hydrogen (secondary N) is 1. The number of nitrogens with zero attached hydrogens (tertiary/aromatic N) is 3. The quantitative estimate of drug-likeness (QED) is 0.202. The van der Waals surface area contributed by atoms with E-state index in [1.165, 1.54) is 5.56 Å². The first-order chi connectivity index (χ1) is 14.4. The van der Waals surface area contributed by atoms with Gasteiger partial charge in [0.1, 0.15) is 5.75 Å². The van der Waals surface area contributed by atoms with E-state index in [-0.39, 0.29) is 42.4 Å². The predicted octanol–water partition coefficient (Wildman–Crippen LogP) is 2.19. The van der Waals surface area contributed by atoms with Crippen LogP contribution in [0.25, 0.3) is 0 Å². The maximum absolute atomic E-state index is 12.5. The lowest BCUT2D eigenvalue weighted by atomic mass is 10.1. The van der Waals surface area contributed by atoms with Gasteiger partial charge in [-0.25, -0.2) is 8.42 Å². The molecular weight excluding hydrogens is 531 g/mol. The number of hydrogen-bond acceptors (Lipinski definition) is 5. The van der Waals surface area contributed by atoms with E-state index in [9.17, 15) is 8.42 Å². The van der Waals surface area contributed by atoms with Gasteiger partial charge in [-0.3, -0.25) is 4.99 Å². The average Bonchev–Trinajstić information content (AvgIpc) is 2.74. The van der Waals surface area contributed by atoms with Crippen molar-refractivity contribution in [1.82, 2.24) is 14.5 Å². The number of methoxy groups -OCH3 is 1. The first-order valence-corrected chi connectivity index (χ1v) is 12.1. The van der Waals surface area contributed by atoms with Gasteiger partial charge in [0.15, 0.2) is 5.96 Å². The van der Waals surface area contributed by atoms with Crippen molar-refractivity contribution < 1.29 is 17.9 Å². The Morgan fingerprint density at radius 1 is 1.16 bits per heavy atom. The van der Waals surface area contributed by atoms with Crippen LogP contribution < -0.4 is 10.1 Å². The molecule has 1 fully saturated rings. The summed E-state index contributed by atoms with van der Waals surface area (Å²) in [7, 11) is 0.151. The second-order valence-electron chi connectivity index (χ2n) is 7.55. The number of piperazine rings is 1. The van der Waals surface area contributed by atoms with Crippen molar-refractivity contribution in [3.63, 3.8) is 0 Å². The molecular formula is C21H37IN4O4S. The molecule has 0 radical (unpaired) electrons. The zero-order valence-corrected chi connectivity index (χ0v) is 22.2. The van der Waals surface area contributed by atoms with Crippen LogP contribution in [0.3, 0.4) is 0 Å². The Morgan fingerprint density at radius 3 is 2.35 bits per heavy atom. The van der Waals surface area contributed by atoms with E-state index in [1.807, 2.05) is 26.0 Å². The number of aryl methyl sites for hydroxylation is 1. The molecule has 0 aromatic heterocycles. The Bertz CT molecular complexity index is 764. The van der Waals surface area contributed by atoms with E-state index in [0.29, 0.717) is 26.2 Å². The number of hydrogen-bond donors (Lipinski definition) is 1. The molecule has 8 nitrogen and oxygen atoms in total. The molecule has 0 amide bonds. The zero-order valence-electron chi connectivity index (χ0n) is 19.0. The van der Waals surface area contributed by atoms with Crippen molar-refractivity contribution in [2.75, 3.05) is 59.2 Å². The largest absolute Gasteiger partial charge is 0.497 e. The molecule has 0 aliphatic carbocycles. The summed E-state index contributed by atoms with van der Waals surface area (Å²) in [6, 6.07) is 8.12. The summed E-state index contributed by atoms with van der Waals surface area (Å²) in [5.41, 5.74) is 1.27. The predicted molar refractivity (Wildman–Crippen MR) is 136 cm³/mol.